The molecule has 0 atom stereocenters. The molecule has 1 rings (SSSR count). The summed E-state index contributed by atoms with van der Waals surface area (Å²) < 4.78 is 24.9. The summed E-state index contributed by atoms with van der Waals surface area (Å²) in [5, 5.41) is 8.37. The fourth-order valence-electron chi connectivity index (χ4n) is 0.757. The Morgan fingerprint density at radius 2 is 1.92 bits per heavy atom. The number of nitriles is 1. The van der Waals surface area contributed by atoms with Crippen LogP contribution >= 0.6 is 0 Å². The Morgan fingerprint density at radius 1 is 1.33 bits per heavy atom. The molecule has 0 amide bonds. The van der Waals surface area contributed by atoms with E-state index >= 15 is 0 Å². The molecule has 12 heavy (non-hydrogen) atoms. The summed E-state index contributed by atoms with van der Waals surface area (Å²) in [5.41, 5.74) is -0.305. The third-order valence-electron chi connectivity index (χ3n) is 1.34. The molecule has 0 spiro atoms. The number of halogens is 2. The summed E-state index contributed by atoms with van der Waals surface area (Å²) in [4.78, 5) is 10.2. The highest BCUT2D eigenvalue weighted by atomic mass is 19.2. The van der Waals surface area contributed by atoms with Gasteiger partial charge < -0.3 is 0 Å². The minimum Gasteiger partial charge on any atom is -0.298 e. The van der Waals surface area contributed by atoms with Gasteiger partial charge in [-0.1, -0.05) is 0 Å². The zero-order valence-corrected chi connectivity index (χ0v) is 5.84. The largest absolute Gasteiger partial charge is 0.298 e. The van der Waals surface area contributed by atoms with Crippen molar-refractivity contribution in [3.8, 4) is 6.07 Å². The Hall–Kier alpha value is -1.76. The monoisotopic (exact) mass is 167 g/mol. The maximum atomic E-state index is 12.4. The second-order valence-electron chi connectivity index (χ2n) is 2.08. The van der Waals surface area contributed by atoms with E-state index in [0.717, 1.165) is 0 Å². The molecular formula is C8H3F2NO. The van der Waals surface area contributed by atoms with Crippen LogP contribution in [0.25, 0.3) is 0 Å². The highest BCUT2D eigenvalue weighted by Gasteiger charge is 2.07. The highest BCUT2D eigenvalue weighted by Crippen LogP contribution is 2.12. The lowest BCUT2D eigenvalue weighted by molar-refractivity contribution is 0.112. The first-order valence-corrected chi connectivity index (χ1v) is 3.03. The molecule has 0 saturated carbocycles. The summed E-state index contributed by atoms with van der Waals surface area (Å²) in [6.07, 6.45) is 0.307. The standard InChI is InChI=1S/C8H3F2NO/c9-7-1-5(3-11)6(4-12)2-8(7)10/h1-2,4H. The zero-order chi connectivity index (χ0) is 9.14. The topological polar surface area (TPSA) is 40.9 Å². The average molecular weight is 167 g/mol. The van der Waals surface area contributed by atoms with Gasteiger partial charge in [0.2, 0.25) is 0 Å². The molecule has 0 unspecified atom stereocenters. The van der Waals surface area contributed by atoms with Gasteiger partial charge in [0.15, 0.2) is 17.9 Å². The summed E-state index contributed by atoms with van der Waals surface area (Å²) in [7, 11) is 0. The first-order chi connectivity index (χ1) is 5.69. The summed E-state index contributed by atoms with van der Waals surface area (Å²) >= 11 is 0. The summed E-state index contributed by atoms with van der Waals surface area (Å²) in [5.74, 6) is -2.26. The quantitative estimate of drug-likeness (QED) is 0.596. The summed E-state index contributed by atoms with van der Waals surface area (Å²) in [6.45, 7) is 0. The number of carbonyl (C=O) groups excluding carboxylic acids is 1. The molecule has 0 aliphatic rings. The van der Waals surface area contributed by atoms with Crippen molar-refractivity contribution in [1.82, 2.24) is 0 Å². The molecule has 0 saturated heterocycles. The van der Waals surface area contributed by atoms with Gasteiger partial charge in [-0.25, -0.2) is 8.78 Å². The third kappa shape index (κ3) is 1.30. The zero-order valence-electron chi connectivity index (χ0n) is 5.84. The fourth-order valence-corrected chi connectivity index (χ4v) is 0.757. The predicted molar refractivity (Wildman–Crippen MR) is 36.5 cm³/mol. The minimum absolute atomic E-state index is 0.142. The van der Waals surface area contributed by atoms with Crippen molar-refractivity contribution in [2.24, 2.45) is 0 Å². The Bertz CT molecular complexity index is 368. The number of benzene rings is 1. The van der Waals surface area contributed by atoms with Gasteiger partial charge in [0.1, 0.15) is 0 Å². The van der Waals surface area contributed by atoms with E-state index in [0.29, 0.717) is 18.4 Å². The second kappa shape index (κ2) is 3.09. The smallest absolute Gasteiger partial charge is 0.160 e. The van der Waals surface area contributed by atoms with E-state index < -0.39 is 11.6 Å². The van der Waals surface area contributed by atoms with Gasteiger partial charge in [0, 0.05) is 5.56 Å². The Balaban J connectivity index is 3.41. The Labute approximate surface area is 67.0 Å². The van der Waals surface area contributed by atoms with Crippen LogP contribution in [0.15, 0.2) is 12.1 Å². The van der Waals surface area contributed by atoms with Gasteiger partial charge in [0.05, 0.1) is 11.6 Å². The van der Waals surface area contributed by atoms with Crippen molar-refractivity contribution in [3.63, 3.8) is 0 Å². The Morgan fingerprint density at radius 3 is 2.42 bits per heavy atom. The van der Waals surface area contributed by atoms with Crippen LogP contribution in [0.3, 0.4) is 0 Å². The van der Waals surface area contributed by atoms with Crippen molar-refractivity contribution in [2.45, 2.75) is 0 Å². The molecule has 2 nitrogen and oxygen atoms in total. The predicted octanol–water partition coefficient (Wildman–Crippen LogP) is 1.65. The molecule has 1 aromatic carbocycles. The van der Waals surface area contributed by atoms with E-state index in [4.69, 9.17) is 5.26 Å². The molecule has 0 aromatic heterocycles. The van der Waals surface area contributed by atoms with Gasteiger partial charge in [-0.15, -0.1) is 0 Å². The van der Waals surface area contributed by atoms with Gasteiger partial charge in [0.25, 0.3) is 0 Å². The molecule has 0 bridgehead atoms. The van der Waals surface area contributed by atoms with E-state index in [9.17, 15) is 13.6 Å². The molecular weight excluding hydrogens is 164 g/mol. The van der Waals surface area contributed by atoms with Crippen LogP contribution in [0.2, 0.25) is 0 Å². The number of aldehydes is 1. The second-order valence-corrected chi connectivity index (χ2v) is 2.08. The third-order valence-corrected chi connectivity index (χ3v) is 1.34. The molecule has 0 N–H and O–H groups in total. The van der Waals surface area contributed by atoms with E-state index in [1.54, 1.807) is 6.07 Å². The number of hydrogen-bond acceptors (Lipinski definition) is 2. The SMILES string of the molecule is N#Cc1cc(F)c(F)cc1C=O. The number of nitrogens with zero attached hydrogens (tertiary/aromatic N) is 1. The summed E-state index contributed by atoms with van der Waals surface area (Å²) in [6, 6.07) is 2.97. The molecule has 0 heterocycles. The average Bonchev–Trinajstić information content (AvgIpc) is 2.09. The van der Waals surface area contributed by atoms with Crippen LogP contribution in [0.5, 0.6) is 0 Å². The van der Waals surface area contributed by atoms with Gasteiger partial charge in [-0.05, 0) is 12.1 Å². The van der Waals surface area contributed by atoms with E-state index in [2.05, 4.69) is 0 Å². The van der Waals surface area contributed by atoms with Crippen LogP contribution in [0.1, 0.15) is 15.9 Å². The van der Waals surface area contributed by atoms with Crippen molar-refractivity contribution in [2.75, 3.05) is 0 Å². The molecule has 1 aromatic rings. The maximum Gasteiger partial charge on any atom is 0.160 e. The number of hydrogen-bond donors (Lipinski definition) is 0. The minimum atomic E-state index is -1.13. The lowest BCUT2D eigenvalue weighted by atomic mass is 10.1. The van der Waals surface area contributed by atoms with Crippen LogP contribution < -0.4 is 0 Å². The first kappa shape index (κ1) is 8.34. The maximum absolute atomic E-state index is 12.4. The lowest BCUT2D eigenvalue weighted by Gasteiger charge is -1.95. The lowest BCUT2D eigenvalue weighted by Crippen LogP contribution is -1.92. The molecule has 0 aliphatic carbocycles. The number of rotatable bonds is 1. The molecule has 0 fully saturated rings. The van der Waals surface area contributed by atoms with Crippen molar-refractivity contribution >= 4 is 6.29 Å². The Kier molecular flexibility index (Phi) is 2.15. The van der Waals surface area contributed by atoms with Crippen LogP contribution in [-0.4, -0.2) is 6.29 Å². The molecule has 60 valence electrons. The number of carbonyl (C=O) groups is 1. The van der Waals surface area contributed by atoms with Crippen molar-refractivity contribution in [1.29, 1.82) is 5.26 Å². The van der Waals surface area contributed by atoms with Crippen LogP contribution in [-0.2, 0) is 0 Å². The van der Waals surface area contributed by atoms with E-state index in [1.807, 2.05) is 0 Å². The van der Waals surface area contributed by atoms with Gasteiger partial charge in [-0.3, -0.25) is 4.79 Å². The first-order valence-electron chi connectivity index (χ1n) is 3.03. The van der Waals surface area contributed by atoms with E-state index in [-0.39, 0.29) is 11.1 Å². The highest BCUT2D eigenvalue weighted by molar-refractivity contribution is 5.79. The van der Waals surface area contributed by atoms with Gasteiger partial charge >= 0.3 is 0 Å². The fraction of sp³-hybridized carbons (Fsp3) is 0. The molecule has 4 heteroatoms. The molecule has 0 radical (unpaired) electrons. The normalized spacial score (nSPS) is 9.08. The van der Waals surface area contributed by atoms with Crippen LogP contribution in [0.4, 0.5) is 8.78 Å². The molecule has 0 aliphatic heterocycles. The van der Waals surface area contributed by atoms with Gasteiger partial charge in [-0.2, -0.15) is 5.26 Å². The van der Waals surface area contributed by atoms with E-state index in [1.165, 1.54) is 0 Å². The van der Waals surface area contributed by atoms with Crippen molar-refractivity contribution in [3.05, 3.63) is 34.9 Å². The van der Waals surface area contributed by atoms with Crippen molar-refractivity contribution < 1.29 is 13.6 Å². The van der Waals surface area contributed by atoms with Crippen LogP contribution in [0, 0.1) is 23.0 Å².